The lowest BCUT2D eigenvalue weighted by Crippen LogP contribution is -2.15. The number of rotatable bonds is 7. The van der Waals surface area contributed by atoms with Gasteiger partial charge in [-0.1, -0.05) is 13.8 Å². The van der Waals surface area contributed by atoms with E-state index in [0.29, 0.717) is 16.9 Å². The van der Waals surface area contributed by atoms with Crippen LogP contribution in [0.5, 0.6) is 0 Å². The Morgan fingerprint density at radius 3 is 2.52 bits per heavy atom. The molecule has 0 radical (unpaired) electrons. The first kappa shape index (κ1) is 23.8. The summed E-state index contributed by atoms with van der Waals surface area (Å²) in [5.74, 6) is -1.15. The van der Waals surface area contributed by atoms with Gasteiger partial charge in [-0.2, -0.15) is 5.26 Å². The quantitative estimate of drug-likeness (QED) is 0.595. The van der Waals surface area contributed by atoms with Crippen molar-refractivity contribution in [2.45, 2.75) is 68.6 Å². The lowest BCUT2D eigenvalue weighted by molar-refractivity contribution is 0.0823. The molecule has 1 atom stereocenters. The fourth-order valence-electron chi connectivity index (χ4n) is 3.66. The van der Waals surface area contributed by atoms with Gasteiger partial charge in [0, 0.05) is 4.88 Å². The molecule has 1 unspecified atom stereocenters. The zero-order valence-electron chi connectivity index (χ0n) is 18.0. The van der Waals surface area contributed by atoms with Crippen molar-refractivity contribution >= 4 is 21.3 Å². The summed E-state index contributed by atoms with van der Waals surface area (Å²) in [7, 11) is -3.51. The fraction of sp³-hybridized carbons (Fsp3) is 0.500. The van der Waals surface area contributed by atoms with E-state index in [0.717, 1.165) is 41.4 Å². The molecule has 5 nitrogen and oxygen atoms in total. The van der Waals surface area contributed by atoms with E-state index >= 15 is 0 Å². The third-order valence-corrected chi connectivity index (χ3v) is 8.81. The van der Waals surface area contributed by atoms with Gasteiger partial charge in [-0.15, -0.1) is 11.3 Å². The van der Waals surface area contributed by atoms with E-state index in [4.69, 9.17) is 5.14 Å². The van der Waals surface area contributed by atoms with Gasteiger partial charge in [0.05, 0.1) is 17.7 Å². The molecule has 1 aromatic carbocycles. The maximum Gasteiger partial charge on any atom is 0.152 e. The number of hydrogen-bond acceptors (Lipinski definition) is 5. The first-order valence-corrected chi connectivity index (χ1v) is 12.5. The number of aliphatic hydroxyl groups is 1. The zero-order chi connectivity index (χ0) is 23.1. The highest BCUT2D eigenvalue weighted by Crippen LogP contribution is 2.44. The maximum absolute atomic E-state index is 14.9. The predicted octanol–water partition coefficient (Wildman–Crippen LogP) is 5.07. The van der Waals surface area contributed by atoms with E-state index < -0.39 is 27.2 Å². The third kappa shape index (κ3) is 4.98. The lowest BCUT2D eigenvalue weighted by Gasteiger charge is -2.19. The Morgan fingerprint density at radius 1 is 1.39 bits per heavy atom. The van der Waals surface area contributed by atoms with E-state index in [1.54, 1.807) is 6.07 Å². The number of hydrogen-bond donors (Lipinski definition) is 2. The second kappa shape index (κ2) is 8.58. The number of nitrogens with two attached hydrogens (primary N) is 1. The molecule has 1 fully saturated rings. The van der Waals surface area contributed by atoms with Crippen molar-refractivity contribution in [2.24, 2.45) is 9.50 Å². The first-order valence-electron chi connectivity index (χ1n) is 10.1. The van der Waals surface area contributed by atoms with Gasteiger partial charge in [-0.25, -0.2) is 22.5 Å². The van der Waals surface area contributed by atoms with Crippen LogP contribution in [0.1, 0.15) is 79.5 Å². The van der Waals surface area contributed by atoms with Crippen LogP contribution < -0.4 is 5.14 Å². The Balaban J connectivity index is 1.97. The molecule has 0 bridgehead atoms. The molecule has 0 saturated heterocycles. The molecule has 31 heavy (non-hydrogen) atoms. The van der Waals surface area contributed by atoms with Crippen molar-refractivity contribution in [2.75, 3.05) is 6.54 Å². The van der Waals surface area contributed by atoms with Gasteiger partial charge in [0.15, 0.2) is 10.0 Å². The van der Waals surface area contributed by atoms with Crippen molar-refractivity contribution in [1.82, 2.24) is 0 Å². The molecule has 9 heteroatoms. The summed E-state index contributed by atoms with van der Waals surface area (Å²) in [4.78, 5) is 0.306. The van der Waals surface area contributed by atoms with Crippen LogP contribution in [0.2, 0.25) is 0 Å². The summed E-state index contributed by atoms with van der Waals surface area (Å²) in [6.07, 6.45) is 2.25. The smallest absolute Gasteiger partial charge is 0.152 e. The standard InChI is InChI=1S/C22H27F2N3O2S2/c1-12(2)19-15(16(13-5-6-13)9-14(11-25)20(19)24)7-8-27-31(26,29)21-17(23)10-18(30-21)22(3,4)28/h9-10,12-13,28H,5-8H2,1-4H3,(H2,26,27,29). The summed E-state index contributed by atoms with van der Waals surface area (Å²) in [5.41, 5.74) is 0.939. The SMILES string of the molecule is CC(C)c1c(F)c(C#N)cc(C2CC2)c1CCN=S(N)(=O)c1sc(C(C)(C)O)cc1F. The average molecular weight is 468 g/mol. The molecule has 1 saturated carbocycles. The van der Waals surface area contributed by atoms with Crippen molar-refractivity contribution in [3.8, 4) is 6.07 Å². The fourth-order valence-corrected chi connectivity index (χ4v) is 6.16. The Kier molecular flexibility index (Phi) is 6.59. The lowest BCUT2D eigenvalue weighted by atomic mass is 9.87. The summed E-state index contributed by atoms with van der Waals surface area (Å²) < 4.78 is 46.1. The van der Waals surface area contributed by atoms with Gasteiger partial charge < -0.3 is 5.11 Å². The van der Waals surface area contributed by atoms with E-state index in [1.807, 2.05) is 19.9 Å². The molecule has 1 aliphatic carbocycles. The Bertz CT molecular complexity index is 1160. The molecule has 168 valence electrons. The van der Waals surface area contributed by atoms with Gasteiger partial charge in [-0.3, -0.25) is 0 Å². The number of nitrogens with zero attached hydrogens (tertiary/aromatic N) is 2. The predicted molar refractivity (Wildman–Crippen MR) is 118 cm³/mol. The Labute approximate surface area is 186 Å². The van der Waals surface area contributed by atoms with E-state index in [9.17, 15) is 23.4 Å². The van der Waals surface area contributed by atoms with Gasteiger partial charge in [0.2, 0.25) is 0 Å². The van der Waals surface area contributed by atoms with Gasteiger partial charge >= 0.3 is 0 Å². The van der Waals surface area contributed by atoms with Crippen LogP contribution in [0.15, 0.2) is 20.7 Å². The van der Waals surface area contributed by atoms with Gasteiger partial charge in [-0.05, 0) is 73.8 Å². The third-order valence-electron chi connectivity index (χ3n) is 5.33. The monoisotopic (exact) mass is 467 g/mol. The summed E-state index contributed by atoms with van der Waals surface area (Å²) in [6, 6.07) is 4.68. The minimum atomic E-state index is -3.51. The van der Waals surface area contributed by atoms with Crippen LogP contribution in [-0.2, 0) is 21.9 Å². The topological polar surface area (TPSA) is 99.5 Å². The second-order valence-corrected chi connectivity index (χ2v) is 11.9. The molecule has 1 aliphatic rings. The van der Waals surface area contributed by atoms with Crippen LogP contribution in [0, 0.1) is 23.0 Å². The molecule has 0 aliphatic heterocycles. The van der Waals surface area contributed by atoms with E-state index in [1.165, 1.54) is 13.8 Å². The number of benzene rings is 1. The highest BCUT2D eigenvalue weighted by atomic mass is 32.2. The number of thiophene rings is 1. The number of halogens is 2. The van der Waals surface area contributed by atoms with Crippen LogP contribution in [0.25, 0.3) is 0 Å². The average Bonchev–Trinajstić information content (AvgIpc) is 3.41. The van der Waals surface area contributed by atoms with Crippen molar-refractivity contribution < 1.29 is 18.1 Å². The van der Waals surface area contributed by atoms with Crippen molar-refractivity contribution in [1.29, 1.82) is 5.26 Å². The highest BCUT2D eigenvalue weighted by molar-refractivity contribution is 7.93. The van der Waals surface area contributed by atoms with Crippen LogP contribution in [0.3, 0.4) is 0 Å². The number of nitriles is 1. The highest BCUT2D eigenvalue weighted by Gasteiger charge is 2.30. The summed E-state index contributed by atoms with van der Waals surface area (Å²) in [5, 5.41) is 25.3. The van der Waals surface area contributed by atoms with Gasteiger partial charge in [0.1, 0.15) is 21.8 Å². The molecule has 0 amide bonds. The minimum absolute atomic E-state index is 0.0231. The van der Waals surface area contributed by atoms with Crippen molar-refractivity contribution in [3.05, 3.63) is 50.9 Å². The maximum atomic E-state index is 14.9. The summed E-state index contributed by atoms with van der Waals surface area (Å²) >= 11 is 0.838. The normalized spacial score (nSPS) is 16.3. The Hall–Kier alpha value is -1.86. The second-order valence-electron chi connectivity index (χ2n) is 8.74. The molecule has 0 spiro atoms. The molecule has 2 aromatic rings. The van der Waals surface area contributed by atoms with Crippen LogP contribution in [-0.4, -0.2) is 15.9 Å². The first-order chi connectivity index (χ1) is 14.4. The molecule has 1 aromatic heterocycles. The molecule has 1 heterocycles. The van der Waals surface area contributed by atoms with E-state index in [2.05, 4.69) is 4.36 Å². The molecule has 3 N–H and O–H groups in total. The molecular formula is C22H27F2N3O2S2. The largest absolute Gasteiger partial charge is 0.385 e. The summed E-state index contributed by atoms with van der Waals surface area (Å²) in [6.45, 7) is 6.76. The molecular weight excluding hydrogens is 440 g/mol. The van der Waals surface area contributed by atoms with Crippen molar-refractivity contribution in [3.63, 3.8) is 0 Å². The van der Waals surface area contributed by atoms with Crippen LogP contribution in [0.4, 0.5) is 8.78 Å². The van der Waals surface area contributed by atoms with E-state index in [-0.39, 0.29) is 28.2 Å². The molecule has 3 rings (SSSR count). The van der Waals surface area contributed by atoms with Crippen LogP contribution >= 0.6 is 11.3 Å². The Morgan fingerprint density at radius 2 is 2.03 bits per heavy atom. The minimum Gasteiger partial charge on any atom is -0.385 e. The van der Waals surface area contributed by atoms with Gasteiger partial charge in [0.25, 0.3) is 0 Å². The zero-order valence-corrected chi connectivity index (χ0v) is 19.7.